The largest absolute Gasteiger partial charge is 0.370 e. The fraction of sp³-hybridized carbons (Fsp3) is 0.692. The first-order chi connectivity index (χ1) is 8.46. The average molecular weight is 251 g/mol. The summed E-state index contributed by atoms with van der Waals surface area (Å²) in [6.45, 7) is 9.65. The highest BCUT2D eigenvalue weighted by Crippen LogP contribution is 2.15. The molecule has 0 saturated carbocycles. The summed E-state index contributed by atoms with van der Waals surface area (Å²) in [5.74, 6) is 2.44. The number of aromatic nitrogens is 2. The van der Waals surface area contributed by atoms with Crippen molar-refractivity contribution < 1.29 is 0 Å². The summed E-state index contributed by atoms with van der Waals surface area (Å²) in [5, 5.41) is 6.63. The topological polar surface area (TPSA) is 75.9 Å². The molecule has 1 aromatic rings. The van der Waals surface area contributed by atoms with E-state index in [1.165, 1.54) is 6.42 Å². The molecule has 102 valence electrons. The molecule has 1 rings (SSSR count). The van der Waals surface area contributed by atoms with Gasteiger partial charge in [-0.15, -0.1) is 0 Å². The molecule has 0 radical (unpaired) electrons. The summed E-state index contributed by atoms with van der Waals surface area (Å²) in [6.07, 6.45) is 2.31. The first-order valence-corrected chi connectivity index (χ1v) is 6.54. The fourth-order valence-electron chi connectivity index (χ4n) is 1.51. The molecule has 0 unspecified atom stereocenters. The van der Waals surface area contributed by atoms with E-state index in [9.17, 15) is 0 Å². The first kappa shape index (κ1) is 14.7. The lowest BCUT2D eigenvalue weighted by atomic mass is 10.1. The Morgan fingerprint density at radius 2 is 1.94 bits per heavy atom. The van der Waals surface area contributed by atoms with Gasteiger partial charge < -0.3 is 16.4 Å². The Morgan fingerprint density at radius 3 is 2.56 bits per heavy atom. The zero-order valence-electron chi connectivity index (χ0n) is 11.9. The van der Waals surface area contributed by atoms with Crippen LogP contribution in [-0.4, -0.2) is 28.6 Å². The zero-order valence-corrected chi connectivity index (χ0v) is 11.9. The van der Waals surface area contributed by atoms with Gasteiger partial charge in [-0.25, -0.2) is 9.97 Å². The van der Waals surface area contributed by atoms with Crippen molar-refractivity contribution >= 4 is 11.6 Å². The summed E-state index contributed by atoms with van der Waals surface area (Å²) in [4.78, 5) is 8.75. The Bertz CT molecular complexity index is 376. The van der Waals surface area contributed by atoms with Crippen LogP contribution in [0.4, 0.5) is 11.6 Å². The number of aryl methyl sites for hydroxylation is 1. The Balaban J connectivity index is 2.74. The van der Waals surface area contributed by atoms with Crippen molar-refractivity contribution in [3.05, 3.63) is 11.9 Å². The molecular formula is C13H25N5. The average Bonchev–Trinajstić information content (AvgIpc) is 2.28. The number of unbranched alkanes of at least 4 members (excludes halogenated alkanes) is 1. The maximum absolute atomic E-state index is 5.71. The van der Waals surface area contributed by atoms with Crippen molar-refractivity contribution in [3.63, 3.8) is 0 Å². The number of nitrogens with two attached hydrogens (primary N) is 1. The van der Waals surface area contributed by atoms with Gasteiger partial charge in [0.1, 0.15) is 17.5 Å². The SMILES string of the molecule is CCCCNc1cc(NC(C)(C)CN)nc(C)n1. The molecule has 0 saturated heterocycles. The predicted octanol–water partition coefficient (Wildman–Crippen LogP) is 2.15. The van der Waals surface area contributed by atoms with Crippen LogP contribution in [0.15, 0.2) is 6.07 Å². The third-order valence-corrected chi connectivity index (χ3v) is 2.65. The highest BCUT2D eigenvalue weighted by Gasteiger charge is 2.16. The molecule has 5 nitrogen and oxygen atoms in total. The van der Waals surface area contributed by atoms with Gasteiger partial charge in [-0.1, -0.05) is 13.3 Å². The minimum atomic E-state index is -0.165. The maximum Gasteiger partial charge on any atom is 0.132 e. The van der Waals surface area contributed by atoms with Gasteiger partial charge in [0.25, 0.3) is 0 Å². The molecule has 1 aromatic heterocycles. The van der Waals surface area contributed by atoms with E-state index in [2.05, 4.69) is 41.4 Å². The van der Waals surface area contributed by atoms with Crippen LogP contribution in [-0.2, 0) is 0 Å². The van der Waals surface area contributed by atoms with Crippen LogP contribution in [0.2, 0.25) is 0 Å². The summed E-state index contributed by atoms with van der Waals surface area (Å²) in [5.41, 5.74) is 5.54. The van der Waals surface area contributed by atoms with Crippen LogP contribution >= 0.6 is 0 Å². The maximum atomic E-state index is 5.71. The molecule has 0 spiro atoms. The third-order valence-electron chi connectivity index (χ3n) is 2.65. The first-order valence-electron chi connectivity index (χ1n) is 6.54. The van der Waals surface area contributed by atoms with E-state index in [4.69, 9.17) is 5.73 Å². The number of hydrogen-bond acceptors (Lipinski definition) is 5. The zero-order chi connectivity index (χ0) is 13.6. The van der Waals surface area contributed by atoms with Gasteiger partial charge in [0.2, 0.25) is 0 Å². The number of nitrogens with zero attached hydrogens (tertiary/aromatic N) is 2. The summed E-state index contributed by atoms with van der Waals surface area (Å²) < 4.78 is 0. The van der Waals surface area contributed by atoms with Crippen LogP contribution in [0.25, 0.3) is 0 Å². The van der Waals surface area contributed by atoms with Crippen molar-refractivity contribution in [1.82, 2.24) is 9.97 Å². The van der Waals surface area contributed by atoms with E-state index in [0.29, 0.717) is 6.54 Å². The van der Waals surface area contributed by atoms with Gasteiger partial charge in [-0.3, -0.25) is 0 Å². The normalized spacial score (nSPS) is 11.4. The molecule has 1 heterocycles. The molecule has 0 bridgehead atoms. The van der Waals surface area contributed by atoms with E-state index < -0.39 is 0 Å². The number of hydrogen-bond donors (Lipinski definition) is 3. The molecule has 0 aromatic carbocycles. The molecule has 18 heavy (non-hydrogen) atoms. The quantitative estimate of drug-likeness (QED) is 0.647. The molecule has 0 amide bonds. The molecule has 0 atom stereocenters. The lowest BCUT2D eigenvalue weighted by Gasteiger charge is -2.25. The predicted molar refractivity (Wildman–Crippen MR) is 76.9 cm³/mol. The lowest BCUT2D eigenvalue weighted by Crippen LogP contribution is -2.39. The number of nitrogens with one attached hydrogen (secondary N) is 2. The highest BCUT2D eigenvalue weighted by atomic mass is 15.1. The minimum absolute atomic E-state index is 0.165. The van der Waals surface area contributed by atoms with Gasteiger partial charge in [-0.05, 0) is 27.2 Å². The Morgan fingerprint density at radius 1 is 1.28 bits per heavy atom. The van der Waals surface area contributed by atoms with Crippen molar-refractivity contribution in [2.24, 2.45) is 5.73 Å². The van der Waals surface area contributed by atoms with E-state index in [1.54, 1.807) is 0 Å². The fourth-order valence-corrected chi connectivity index (χ4v) is 1.51. The molecular weight excluding hydrogens is 226 g/mol. The van der Waals surface area contributed by atoms with Crippen molar-refractivity contribution in [1.29, 1.82) is 0 Å². The van der Waals surface area contributed by atoms with Gasteiger partial charge in [-0.2, -0.15) is 0 Å². The monoisotopic (exact) mass is 251 g/mol. The van der Waals surface area contributed by atoms with E-state index in [1.807, 2.05) is 13.0 Å². The van der Waals surface area contributed by atoms with Gasteiger partial charge >= 0.3 is 0 Å². The Labute approximate surface area is 110 Å². The molecule has 5 heteroatoms. The van der Waals surface area contributed by atoms with Crippen LogP contribution in [0, 0.1) is 6.92 Å². The molecule has 4 N–H and O–H groups in total. The van der Waals surface area contributed by atoms with Gasteiger partial charge in [0.15, 0.2) is 0 Å². The second-order valence-electron chi connectivity index (χ2n) is 5.18. The molecule has 0 aliphatic carbocycles. The van der Waals surface area contributed by atoms with Crippen LogP contribution in [0.5, 0.6) is 0 Å². The smallest absolute Gasteiger partial charge is 0.132 e. The second-order valence-corrected chi connectivity index (χ2v) is 5.18. The number of rotatable bonds is 7. The lowest BCUT2D eigenvalue weighted by molar-refractivity contribution is 0.577. The second kappa shape index (κ2) is 6.54. The molecule has 0 aliphatic heterocycles. The van der Waals surface area contributed by atoms with Crippen molar-refractivity contribution in [2.75, 3.05) is 23.7 Å². The summed E-state index contributed by atoms with van der Waals surface area (Å²) >= 11 is 0. The van der Waals surface area contributed by atoms with Crippen LogP contribution in [0.1, 0.15) is 39.4 Å². The van der Waals surface area contributed by atoms with Crippen LogP contribution < -0.4 is 16.4 Å². The van der Waals surface area contributed by atoms with E-state index >= 15 is 0 Å². The summed E-state index contributed by atoms with van der Waals surface area (Å²) in [7, 11) is 0. The Hall–Kier alpha value is -1.36. The van der Waals surface area contributed by atoms with Crippen molar-refractivity contribution in [2.45, 2.75) is 46.1 Å². The highest BCUT2D eigenvalue weighted by molar-refractivity contribution is 5.48. The molecule has 0 aliphatic rings. The van der Waals surface area contributed by atoms with Gasteiger partial charge in [0, 0.05) is 24.7 Å². The van der Waals surface area contributed by atoms with E-state index in [0.717, 1.165) is 30.4 Å². The van der Waals surface area contributed by atoms with E-state index in [-0.39, 0.29) is 5.54 Å². The van der Waals surface area contributed by atoms with Gasteiger partial charge in [0.05, 0.1) is 0 Å². The number of anilines is 2. The standard InChI is InChI=1S/C13H25N5/c1-5-6-7-15-11-8-12(17-10(2)16-11)18-13(3,4)9-14/h8H,5-7,9,14H2,1-4H3,(H2,15,16,17,18). The third kappa shape index (κ3) is 4.87. The summed E-state index contributed by atoms with van der Waals surface area (Å²) in [6, 6.07) is 1.93. The minimum Gasteiger partial charge on any atom is -0.370 e. The Kier molecular flexibility index (Phi) is 5.34. The molecule has 0 fully saturated rings. The van der Waals surface area contributed by atoms with Crippen LogP contribution in [0.3, 0.4) is 0 Å². The van der Waals surface area contributed by atoms with Crippen molar-refractivity contribution in [3.8, 4) is 0 Å².